The van der Waals surface area contributed by atoms with Gasteiger partial charge in [0.1, 0.15) is 6.04 Å². The third kappa shape index (κ3) is 11.5. The fraction of sp³-hybridized carbons (Fsp3) is 0.714. The number of halogens is 1. The molecule has 3 aliphatic carbocycles. The van der Waals surface area contributed by atoms with Gasteiger partial charge in [0.25, 0.3) is 5.91 Å². The average molecular weight is 767 g/mol. The molecule has 0 aromatic carbocycles. The molecule has 4 fully saturated rings. The molecule has 1 aromatic heterocycles. The summed E-state index contributed by atoms with van der Waals surface area (Å²) in [4.78, 5) is 101. The van der Waals surface area contributed by atoms with Gasteiger partial charge >= 0.3 is 0 Å². The lowest BCUT2D eigenvalue weighted by molar-refractivity contribution is -0.146. The number of nitrogens with zero attached hydrogens (tertiary/aromatic N) is 2. The number of hydrogen-bond donors (Lipinski definition) is 2. The van der Waals surface area contributed by atoms with Gasteiger partial charge in [0.2, 0.25) is 23.4 Å². The summed E-state index contributed by atoms with van der Waals surface area (Å²) < 4.78 is 0. The highest BCUT2D eigenvalue weighted by Crippen LogP contribution is 2.36. The van der Waals surface area contributed by atoms with Gasteiger partial charge in [0, 0.05) is 55.6 Å². The van der Waals surface area contributed by atoms with Crippen molar-refractivity contribution >= 4 is 52.5 Å². The molecule has 1 saturated heterocycles. The molecule has 4 aliphatic rings. The van der Waals surface area contributed by atoms with Crippen molar-refractivity contribution in [2.24, 2.45) is 35.0 Å². The first-order valence-electron chi connectivity index (χ1n) is 20.3. The monoisotopic (exact) mass is 766 g/mol. The molecule has 0 unspecified atom stereocenters. The summed E-state index contributed by atoms with van der Waals surface area (Å²) in [5, 5.41) is 6.27. The van der Waals surface area contributed by atoms with E-state index in [1.807, 2.05) is 33.8 Å². The lowest BCUT2D eigenvalue weighted by Crippen LogP contribution is -2.58. The Kier molecular flexibility index (Phi) is 14.2. The Bertz CT molecular complexity index is 1560. The van der Waals surface area contributed by atoms with Crippen molar-refractivity contribution < 1.29 is 33.6 Å². The van der Waals surface area contributed by atoms with Gasteiger partial charge in [0.05, 0.1) is 11.1 Å². The number of carbonyl (C=O) groups excluding carboxylic acids is 7. The molecule has 5 rings (SSSR count). The van der Waals surface area contributed by atoms with Crippen molar-refractivity contribution in [2.45, 2.75) is 149 Å². The molecule has 3 amide bonds. The van der Waals surface area contributed by atoms with E-state index in [1.54, 1.807) is 17.2 Å². The number of pyridine rings is 1. The predicted octanol–water partition coefficient (Wildman–Crippen LogP) is 5.77. The molecular weight excluding hydrogens is 708 g/mol. The van der Waals surface area contributed by atoms with Gasteiger partial charge in [-0.25, -0.2) is 0 Å². The van der Waals surface area contributed by atoms with E-state index in [4.69, 9.17) is 11.6 Å². The summed E-state index contributed by atoms with van der Waals surface area (Å²) in [7, 11) is 0. The number of aromatic nitrogens is 1. The maximum atomic E-state index is 14.8. The molecule has 3 saturated carbocycles. The minimum atomic E-state index is -1.04. The van der Waals surface area contributed by atoms with Gasteiger partial charge in [-0.15, -0.1) is 0 Å². The number of ketones is 4. The van der Waals surface area contributed by atoms with E-state index in [2.05, 4.69) is 15.6 Å². The first kappa shape index (κ1) is 41.7. The van der Waals surface area contributed by atoms with E-state index < -0.39 is 64.4 Å². The smallest absolute Gasteiger partial charge is 0.287 e. The largest absolute Gasteiger partial charge is 0.347 e. The van der Waals surface area contributed by atoms with Crippen LogP contribution in [0.4, 0.5) is 0 Å². The SMILES string of the molecule is CCC[C@H](CC(=O)[C@@H]1C[C@@H](Cc2ccc(Cl)cn2)CN1C(=O)[C@@H](NC(=O)[C@@H](CC(=O)C(=O)NC1CC1)C1CCCCC1)C(C)(C)C)C(=O)C(=O)CC1CC1. The van der Waals surface area contributed by atoms with Crippen LogP contribution >= 0.6 is 11.6 Å². The lowest BCUT2D eigenvalue weighted by Gasteiger charge is -2.37. The quantitative estimate of drug-likeness (QED) is 0.168. The second-order valence-corrected chi connectivity index (χ2v) is 18.0. The van der Waals surface area contributed by atoms with Crippen LogP contribution in [0.5, 0.6) is 0 Å². The fourth-order valence-corrected chi connectivity index (χ4v) is 8.38. The van der Waals surface area contributed by atoms with Crippen LogP contribution in [0.1, 0.15) is 130 Å². The van der Waals surface area contributed by atoms with Crippen molar-refractivity contribution in [1.82, 2.24) is 20.5 Å². The van der Waals surface area contributed by atoms with Gasteiger partial charge in [-0.1, -0.05) is 65.0 Å². The highest BCUT2D eigenvalue weighted by molar-refractivity contribution is 6.38. The maximum absolute atomic E-state index is 14.8. The van der Waals surface area contributed by atoms with E-state index in [0.717, 1.165) is 63.5 Å². The van der Waals surface area contributed by atoms with E-state index in [1.165, 1.54) is 0 Å². The number of Topliss-reactive ketones (excluding diaryl/α,β-unsaturated/α-hetero) is 4. The van der Waals surface area contributed by atoms with Crippen molar-refractivity contribution in [1.29, 1.82) is 0 Å². The number of hydrogen-bond acceptors (Lipinski definition) is 8. The Morgan fingerprint density at radius 2 is 1.61 bits per heavy atom. The number of nitrogens with one attached hydrogen (secondary N) is 2. The maximum Gasteiger partial charge on any atom is 0.287 e. The Balaban J connectivity index is 1.37. The minimum absolute atomic E-state index is 0.0142. The van der Waals surface area contributed by atoms with Gasteiger partial charge in [0.15, 0.2) is 11.6 Å². The van der Waals surface area contributed by atoms with Crippen LogP contribution < -0.4 is 10.6 Å². The Hall–Kier alpha value is -3.47. The summed E-state index contributed by atoms with van der Waals surface area (Å²) in [5.41, 5.74) is -0.0164. The first-order valence-corrected chi connectivity index (χ1v) is 20.7. The van der Waals surface area contributed by atoms with Crippen LogP contribution in [0, 0.1) is 35.0 Å². The molecule has 2 N–H and O–H groups in total. The molecule has 0 radical (unpaired) electrons. The predicted molar refractivity (Wildman–Crippen MR) is 204 cm³/mol. The molecule has 2 heterocycles. The van der Waals surface area contributed by atoms with E-state index in [-0.39, 0.29) is 55.4 Å². The summed E-state index contributed by atoms with van der Waals surface area (Å²) in [6.45, 7) is 7.71. The number of likely N-dealkylation sites (tertiary alicyclic amines) is 1. The third-order valence-corrected chi connectivity index (χ3v) is 12.0. The van der Waals surface area contributed by atoms with E-state index in [0.29, 0.717) is 30.7 Å². The minimum Gasteiger partial charge on any atom is -0.347 e. The molecule has 0 bridgehead atoms. The zero-order valence-corrected chi connectivity index (χ0v) is 33.3. The van der Waals surface area contributed by atoms with Crippen LogP contribution in [0.2, 0.25) is 5.02 Å². The second kappa shape index (κ2) is 18.4. The van der Waals surface area contributed by atoms with Gasteiger partial charge < -0.3 is 15.5 Å². The standard InChI is InChI=1S/C42H59ClN4O7/c1-5-9-28(37(51)35(49)20-25-12-13-25)21-34(48)33-19-26(18-31-15-14-29(43)23-44-31)24-47(33)41(54)38(42(2,3)4)46-39(52)32(27-10-7-6-8-11-27)22-36(50)40(53)45-30-16-17-30/h14-15,23,25-28,30,32-33,38H,5-13,16-22,24H2,1-4H3,(H,45,53)(H,46,52)/t26-,28-,32+,33+,38-/m1/s1. The highest BCUT2D eigenvalue weighted by atomic mass is 35.5. The van der Waals surface area contributed by atoms with Crippen molar-refractivity contribution in [3.63, 3.8) is 0 Å². The summed E-state index contributed by atoms with van der Waals surface area (Å²) in [6.07, 6.45) is 11.3. The molecule has 1 aromatic rings. The van der Waals surface area contributed by atoms with Crippen LogP contribution in [-0.2, 0) is 40.0 Å². The lowest BCUT2D eigenvalue weighted by atomic mass is 9.76. The zero-order chi connectivity index (χ0) is 39.2. The fourth-order valence-electron chi connectivity index (χ4n) is 8.27. The summed E-state index contributed by atoms with van der Waals surface area (Å²) >= 11 is 6.08. The molecule has 11 nitrogen and oxygen atoms in total. The topological polar surface area (TPSA) is 160 Å². The number of rotatable bonds is 19. The average Bonchev–Trinajstić information content (AvgIpc) is 4.08. The second-order valence-electron chi connectivity index (χ2n) is 17.6. The van der Waals surface area contributed by atoms with Crippen LogP contribution in [-0.4, -0.2) is 75.4 Å². The number of carbonyl (C=O) groups is 7. The molecule has 0 spiro atoms. The molecule has 1 aliphatic heterocycles. The number of amides is 3. The highest BCUT2D eigenvalue weighted by Gasteiger charge is 2.47. The molecule has 54 heavy (non-hydrogen) atoms. The normalized spacial score (nSPS) is 22.2. The molecule has 12 heteroatoms. The van der Waals surface area contributed by atoms with Gasteiger partial charge in [-0.05, 0) is 93.1 Å². The van der Waals surface area contributed by atoms with E-state index in [9.17, 15) is 33.6 Å². The van der Waals surface area contributed by atoms with Crippen LogP contribution in [0.25, 0.3) is 0 Å². The molecular formula is C42H59ClN4O7. The van der Waals surface area contributed by atoms with Crippen molar-refractivity contribution in [2.75, 3.05) is 6.54 Å². The Morgan fingerprint density at radius 3 is 2.20 bits per heavy atom. The van der Waals surface area contributed by atoms with Crippen LogP contribution in [0.15, 0.2) is 18.3 Å². The zero-order valence-electron chi connectivity index (χ0n) is 32.5. The Labute approximate surface area is 324 Å². The van der Waals surface area contributed by atoms with Crippen LogP contribution in [0.3, 0.4) is 0 Å². The first-order chi connectivity index (χ1) is 25.6. The summed E-state index contributed by atoms with van der Waals surface area (Å²) in [6, 6.07) is 1.69. The third-order valence-electron chi connectivity index (χ3n) is 11.8. The van der Waals surface area contributed by atoms with E-state index >= 15 is 0 Å². The van der Waals surface area contributed by atoms with Gasteiger partial charge in [-0.3, -0.25) is 38.5 Å². The molecule has 296 valence electrons. The van der Waals surface area contributed by atoms with Gasteiger partial charge in [-0.2, -0.15) is 0 Å². The Morgan fingerprint density at radius 1 is 0.907 bits per heavy atom. The van der Waals surface area contributed by atoms with Crippen molar-refractivity contribution in [3.8, 4) is 0 Å². The van der Waals surface area contributed by atoms with Crippen molar-refractivity contribution in [3.05, 3.63) is 29.0 Å². The molecule has 5 atom stereocenters. The summed E-state index contributed by atoms with van der Waals surface area (Å²) in [5.74, 6) is -4.81.